The molecule has 0 unspecified atom stereocenters. The van der Waals surface area contributed by atoms with Crippen molar-refractivity contribution in [2.75, 3.05) is 6.54 Å². The standard InChI is InChI=1S/C16H18Cl2N2O2/c1-10(13-6-5-12(17)8-14(13)18)20-16(21)9-19-11(2)15-4-3-7-22-15/h3-8,10-11,19H,9H2,1-2H3,(H,20,21)/p+1/t10-,11-/m0/s1. The van der Waals surface area contributed by atoms with Gasteiger partial charge in [-0.3, -0.25) is 4.79 Å². The Morgan fingerprint density at radius 1 is 1.32 bits per heavy atom. The minimum Gasteiger partial charge on any atom is -0.463 e. The van der Waals surface area contributed by atoms with E-state index in [1.54, 1.807) is 18.4 Å². The Kier molecular flexibility index (Phi) is 5.89. The highest BCUT2D eigenvalue weighted by atomic mass is 35.5. The Labute approximate surface area is 139 Å². The molecule has 0 bridgehead atoms. The monoisotopic (exact) mass is 341 g/mol. The predicted molar refractivity (Wildman–Crippen MR) is 86.9 cm³/mol. The van der Waals surface area contributed by atoms with Crippen molar-refractivity contribution in [2.24, 2.45) is 0 Å². The van der Waals surface area contributed by atoms with Crippen molar-refractivity contribution in [2.45, 2.75) is 25.9 Å². The number of carbonyl (C=O) groups is 1. The molecule has 0 aliphatic heterocycles. The number of quaternary nitrogens is 1. The minimum atomic E-state index is -0.176. The van der Waals surface area contributed by atoms with Gasteiger partial charge in [0.25, 0.3) is 5.91 Å². The topological polar surface area (TPSA) is 58.9 Å². The van der Waals surface area contributed by atoms with Gasteiger partial charge in [-0.1, -0.05) is 29.3 Å². The zero-order valence-electron chi connectivity index (χ0n) is 12.5. The van der Waals surface area contributed by atoms with Crippen LogP contribution in [0.15, 0.2) is 41.0 Å². The molecule has 1 aromatic carbocycles. The molecule has 0 saturated carbocycles. The van der Waals surface area contributed by atoms with E-state index >= 15 is 0 Å². The van der Waals surface area contributed by atoms with Gasteiger partial charge in [0, 0.05) is 10.0 Å². The van der Waals surface area contributed by atoms with Crippen LogP contribution in [-0.4, -0.2) is 12.5 Å². The second-order valence-corrected chi connectivity index (χ2v) is 6.04. The fraction of sp³-hybridized carbons (Fsp3) is 0.312. The summed E-state index contributed by atoms with van der Waals surface area (Å²) in [5, 5.41) is 5.98. The lowest BCUT2D eigenvalue weighted by atomic mass is 10.1. The third-order valence-electron chi connectivity index (χ3n) is 3.46. The van der Waals surface area contributed by atoms with Gasteiger partial charge >= 0.3 is 0 Å². The molecule has 6 heteroatoms. The van der Waals surface area contributed by atoms with Crippen molar-refractivity contribution >= 4 is 29.1 Å². The molecule has 2 rings (SSSR count). The highest BCUT2D eigenvalue weighted by Crippen LogP contribution is 2.25. The number of amides is 1. The number of benzene rings is 1. The summed E-state index contributed by atoms with van der Waals surface area (Å²) in [4.78, 5) is 12.0. The van der Waals surface area contributed by atoms with Crippen molar-refractivity contribution in [3.63, 3.8) is 0 Å². The molecule has 0 fully saturated rings. The summed E-state index contributed by atoms with van der Waals surface area (Å²) in [7, 11) is 0. The first-order chi connectivity index (χ1) is 10.5. The molecule has 0 saturated heterocycles. The lowest BCUT2D eigenvalue weighted by molar-refractivity contribution is -0.684. The average molecular weight is 342 g/mol. The first kappa shape index (κ1) is 16.9. The van der Waals surface area contributed by atoms with Gasteiger partial charge in [0.1, 0.15) is 6.04 Å². The third-order valence-corrected chi connectivity index (χ3v) is 4.02. The lowest BCUT2D eigenvalue weighted by Crippen LogP contribution is -2.87. The summed E-state index contributed by atoms with van der Waals surface area (Å²) >= 11 is 12.0. The van der Waals surface area contributed by atoms with Crippen LogP contribution in [0, 0.1) is 0 Å². The Balaban J connectivity index is 1.86. The molecule has 4 nitrogen and oxygen atoms in total. The van der Waals surface area contributed by atoms with Crippen LogP contribution in [0.1, 0.15) is 37.3 Å². The van der Waals surface area contributed by atoms with Crippen molar-refractivity contribution in [1.29, 1.82) is 0 Å². The summed E-state index contributed by atoms with van der Waals surface area (Å²) in [6.45, 7) is 4.20. The van der Waals surface area contributed by atoms with Crippen molar-refractivity contribution in [3.05, 3.63) is 58.0 Å². The first-order valence-electron chi connectivity index (χ1n) is 7.08. The molecule has 1 aromatic heterocycles. The zero-order chi connectivity index (χ0) is 16.1. The molecule has 2 atom stereocenters. The van der Waals surface area contributed by atoms with E-state index in [2.05, 4.69) is 5.32 Å². The number of hydrogen-bond acceptors (Lipinski definition) is 2. The van der Waals surface area contributed by atoms with Crippen LogP contribution in [0.3, 0.4) is 0 Å². The molecule has 0 radical (unpaired) electrons. The zero-order valence-corrected chi connectivity index (χ0v) is 14.0. The summed E-state index contributed by atoms with van der Waals surface area (Å²) < 4.78 is 5.31. The molecule has 2 aromatic rings. The fourth-order valence-electron chi connectivity index (χ4n) is 2.18. The molecule has 22 heavy (non-hydrogen) atoms. The Bertz CT molecular complexity index is 629. The second kappa shape index (κ2) is 7.68. The van der Waals surface area contributed by atoms with Gasteiger partial charge in [-0.15, -0.1) is 0 Å². The quantitative estimate of drug-likeness (QED) is 0.848. The van der Waals surface area contributed by atoms with Gasteiger partial charge in [0.2, 0.25) is 0 Å². The van der Waals surface area contributed by atoms with Gasteiger partial charge in [-0.2, -0.15) is 0 Å². The average Bonchev–Trinajstić information content (AvgIpc) is 2.98. The second-order valence-electron chi connectivity index (χ2n) is 5.20. The van der Waals surface area contributed by atoms with Crippen LogP contribution in [-0.2, 0) is 4.79 Å². The Hall–Kier alpha value is -1.49. The summed E-state index contributed by atoms with van der Waals surface area (Å²) in [6, 6.07) is 8.91. The van der Waals surface area contributed by atoms with Crippen molar-refractivity contribution in [1.82, 2.24) is 5.32 Å². The number of carbonyl (C=O) groups excluding carboxylic acids is 1. The van der Waals surface area contributed by atoms with E-state index in [4.69, 9.17) is 27.6 Å². The fourth-order valence-corrected chi connectivity index (χ4v) is 2.75. The highest BCUT2D eigenvalue weighted by molar-refractivity contribution is 6.35. The molecular formula is C16H19Cl2N2O2+. The predicted octanol–water partition coefficient (Wildman–Crippen LogP) is 3.09. The highest BCUT2D eigenvalue weighted by Gasteiger charge is 2.16. The maximum absolute atomic E-state index is 12.0. The third kappa shape index (κ3) is 4.50. The number of furan rings is 1. The van der Waals surface area contributed by atoms with Crippen LogP contribution in [0.2, 0.25) is 10.0 Å². The largest absolute Gasteiger partial charge is 0.463 e. The Morgan fingerprint density at radius 2 is 2.09 bits per heavy atom. The summed E-state index contributed by atoms with van der Waals surface area (Å²) in [6.07, 6.45) is 1.63. The van der Waals surface area contributed by atoms with Crippen molar-refractivity contribution < 1.29 is 14.5 Å². The molecular weight excluding hydrogens is 323 g/mol. The van der Waals surface area contributed by atoms with E-state index in [1.807, 2.05) is 37.4 Å². The molecule has 3 N–H and O–H groups in total. The molecule has 0 aliphatic carbocycles. The van der Waals surface area contributed by atoms with E-state index in [0.29, 0.717) is 16.6 Å². The SMILES string of the molecule is C[C@H](NC(=O)C[NH2+][C@@H](C)c1ccco1)c1ccc(Cl)cc1Cl. The molecule has 0 aliphatic rings. The van der Waals surface area contributed by atoms with E-state index in [-0.39, 0.29) is 18.0 Å². The number of nitrogens with two attached hydrogens (primary N) is 1. The van der Waals surface area contributed by atoms with E-state index < -0.39 is 0 Å². The van der Waals surface area contributed by atoms with Gasteiger partial charge in [-0.05, 0) is 43.7 Å². The van der Waals surface area contributed by atoms with E-state index in [0.717, 1.165) is 11.3 Å². The number of halogens is 2. The van der Waals surface area contributed by atoms with Gasteiger partial charge in [0.05, 0.1) is 12.3 Å². The normalized spacial score (nSPS) is 13.6. The lowest BCUT2D eigenvalue weighted by Gasteiger charge is -2.16. The number of rotatable bonds is 6. The molecule has 118 valence electrons. The van der Waals surface area contributed by atoms with Gasteiger partial charge in [0.15, 0.2) is 12.3 Å². The van der Waals surface area contributed by atoms with Crippen LogP contribution in [0.4, 0.5) is 0 Å². The minimum absolute atomic E-state index is 0.0584. The van der Waals surface area contributed by atoms with Gasteiger partial charge < -0.3 is 15.1 Å². The number of hydrogen-bond donors (Lipinski definition) is 2. The van der Waals surface area contributed by atoms with E-state index in [1.165, 1.54) is 0 Å². The summed E-state index contributed by atoms with van der Waals surface area (Å²) in [5.74, 6) is 0.790. The Morgan fingerprint density at radius 3 is 2.73 bits per heavy atom. The van der Waals surface area contributed by atoms with Gasteiger partial charge in [-0.25, -0.2) is 0 Å². The van der Waals surface area contributed by atoms with Crippen LogP contribution in [0.5, 0.6) is 0 Å². The van der Waals surface area contributed by atoms with Crippen LogP contribution < -0.4 is 10.6 Å². The van der Waals surface area contributed by atoms with Crippen LogP contribution in [0.25, 0.3) is 0 Å². The van der Waals surface area contributed by atoms with E-state index in [9.17, 15) is 4.79 Å². The van der Waals surface area contributed by atoms with Crippen molar-refractivity contribution in [3.8, 4) is 0 Å². The first-order valence-corrected chi connectivity index (χ1v) is 7.84. The summed E-state index contributed by atoms with van der Waals surface area (Å²) in [5.41, 5.74) is 0.846. The molecule has 1 heterocycles. The molecule has 0 spiro atoms. The number of nitrogens with one attached hydrogen (secondary N) is 1. The smallest absolute Gasteiger partial charge is 0.275 e. The maximum atomic E-state index is 12.0. The molecule has 1 amide bonds. The maximum Gasteiger partial charge on any atom is 0.275 e. The van der Waals surface area contributed by atoms with Crippen LogP contribution >= 0.6 is 23.2 Å².